The molecule has 0 saturated carbocycles. The Morgan fingerprint density at radius 3 is 2.57 bits per heavy atom. The first-order valence-electron chi connectivity index (χ1n) is 9.00. The Hall–Kier alpha value is -3.07. The van der Waals surface area contributed by atoms with Crippen LogP contribution in [0.2, 0.25) is 5.02 Å². The summed E-state index contributed by atoms with van der Waals surface area (Å²) in [5.74, 6) is 0. The summed E-state index contributed by atoms with van der Waals surface area (Å²) >= 11 is 6.08. The molecule has 0 unspecified atom stereocenters. The normalized spacial score (nSPS) is 13.4. The van der Waals surface area contributed by atoms with Crippen LogP contribution in [0.15, 0.2) is 54.7 Å². The maximum atomic E-state index is 12.7. The van der Waals surface area contributed by atoms with E-state index in [1.807, 2.05) is 9.47 Å². The highest BCUT2D eigenvalue weighted by Gasteiger charge is 2.30. The topological polar surface area (TPSA) is 66.8 Å². The summed E-state index contributed by atoms with van der Waals surface area (Å²) < 4.78 is 40.0. The molecule has 0 aliphatic carbocycles. The zero-order chi connectivity index (χ0) is 21.9. The number of halogens is 4. The molecule has 4 rings (SSSR count). The number of imidazole rings is 1. The first-order valence-corrected chi connectivity index (χ1v) is 9.38. The van der Waals surface area contributed by atoms with Crippen LogP contribution in [0.3, 0.4) is 0 Å². The molecular weight excluding hydrogens is 419 g/mol. The molecule has 0 bridgehead atoms. The van der Waals surface area contributed by atoms with Crippen molar-refractivity contribution < 1.29 is 13.2 Å². The van der Waals surface area contributed by atoms with Crippen molar-refractivity contribution in [1.82, 2.24) is 19.7 Å². The van der Waals surface area contributed by atoms with Crippen LogP contribution in [0.1, 0.15) is 22.5 Å². The van der Waals surface area contributed by atoms with Gasteiger partial charge in [0.15, 0.2) is 0 Å². The number of hydrogen-bond acceptors (Lipinski definition) is 4. The van der Waals surface area contributed by atoms with Gasteiger partial charge in [-0.2, -0.15) is 18.3 Å². The largest absolute Gasteiger partial charge is 0.416 e. The van der Waals surface area contributed by atoms with E-state index in [4.69, 9.17) is 11.6 Å². The van der Waals surface area contributed by atoms with Gasteiger partial charge in [0.1, 0.15) is 5.02 Å². The molecule has 6 nitrogen and oxygen atoms in total. The number of nitrogens with one attached hydrogen (secondary N) is 1. The van der Waals surface area contributed by atoms with Crippen molar-refractivity contribution in [3.05, 3.63) is 87.8 Å². The number of aromatic nitrogens is 4. The highest BCUT2D eigenvalue weighted by molar-refractivity contribution is 6.32. The van der Waals surface area contributed by atoms with Gasteiger partial charge in [-0.1, -0.05) is 23.7 Å². The minimum Gasteiger partial charge on any atom is -0.362 e. The SMILES string of the molecule is C=C.O=c1[nH]ncc(N2CCc3c(ncn3Cc3ccc(C(F)(F)F)cc3)C2)c1Cl. The van der Waals surface area contributed by atoms with Crippen LogP contribution in [-0.2, 0) is 25.7 Å². The fourth-order valence-electron chi connectivity index (χ4n) is 3.30. The molecule has 3 heterocycles. The lowest BCUT2D eigenvalue weighted by Gasteiger charge is -2.29. The van der Waals surface area contributed by atoms with Gasteiger partial charge in [-0.25, -0.2) is 10.1 Å². The summed E-state index contributed by atoms with van der Waals surface area (Å²) in [5, 5.41) is 6.17. The van der Waals surface area contributed by atoms with Gasteiger partial charge in [-0.05, 0) is 17.7 Å². The highest BCUT2D eigenvalue weighted by atomic mass is 35.5. The monoisotopic (exact) mass is 437 g/mol. The van der Waals surface area contributed by atoms with Gasteiger partial charge in [0, 0.05) is 25.2 Å². The second kappa shape index (κ2) is 8.74. The van der Waals surface area contributed by atoms with Crippen molar-refractivity contribution >= 4 is 17.3 Å². The maximum Gasteiger partial charge on any atom is 0.416 e. The Morgan fingerprint density at radius 2 is 1.90 bits per heavy atom. The van der Waals surface area contributed by atoms with Crippen molar-refractivity contribution in [2.24, 2.45) is 0 Å². The standard InChI is InChI=1S/C18H15ClF3N5O.C2H4/c19-16-15(7-24-25-17(16)28)26-6-5-14-13(9-26)23-10-27(14)8-11-1-3-12(4-2-11)18(20,21)22;1-2/h1-4,7,10H,5-6,8-9H2,(H,25,28);1-2H2. The molecule has 2 aromatic heterocycles. The fraction of sp³-hybridized carbons (Fsp3) is 0.250. The van der Waals surface area contributed by atoms with E-state index in [1.54, 1.807) is 6.33 Å². The molecule has 0 spiro atoms. The van der Waals surface area contributed by atoms with Gasteiger partial charge in [-0.15, -0.1) is 13.2 Å². The van der Waals surface area contributed by atoms with E-state index in [-0.39, 0.29) is 5.02 Å². The van der Waals surface area contributed by atoms with Crippen molar-refractivity contribution in [3.8, 4) is 0 Å². The zero-order valence-corrected chi connectivity index (χ0v) is 16.7. The third kappa shape index (κ3) is 4.40. The van der Waals surface area contributed by atoms with Crippen molar-refractivity contribution in [3.63, 3.8) is 0 Å². The van der Waals surface area contributed by atoms with Gasteiger partial charge in [-0.3, -0.25) is 4.79 Å². The molecule has 1 N–H and O–H groups in total. The molecule has 30 heavy (non-hydrogen) atoms. The van der Waals surface area contributed by atoms with Crippen LogP contribution < -0.4 is 10.5 Å². The lowest BCUT2D eigenvalue weighted by molar-refractivity contribution is -0.137. The molecule has 1 aliphatic heterocycles. The third-order valence-corrected chi connectivity index (χ3v) is 5.11. The summed E-state index contributed by atoms with van der Waals surface area (Å²) in [6, 6.07) is 5.13. The van der Waals surface area contributed by atoms with Gasteiger partial charge in [0.2, 0.25) is 0 Å². The van der Waals surface area contributed by atoms with Crippen LogP contribution in [0.5, 0.6) is 0 Å². The Labute approximate surface area is 175 Å². The average Bonchev–Trinajstić information content (AvgIpc) is 3.13. The summed E-state index contributed by atoms with van der Waals surface area (Å²) in [5.41, 5.74) is 2.06. The second-order valence-electron chi connectivity index (χ2n) is 6.53. The molecule has 0 amide bonds. The number of anilines is 1. The Balaban J connectivity index is 0.00000124. The summed E-state index contributed by atoms with van der Waals surface area (Å²) in [4.78, 5) is 18.0. The van der Waals surface area contributed by atoms with Gasteiger partial charge in [0.25, 0.3) is 5.56 Å². The van der Waals surface area contributed by atoms with Gasteiger partial charge >= 0.3 is 6.18 Å². The zero-order valence-electron chi connectivity index (χ0n) is 15.9. The predicted octanol–water partition coefficient (Wildman–Crippen LogP) is 4.05. The Kier molecular flexibility index (Phi) is 6.31. The number of hydrogen-bond donors (Lipinski definition) is 1. The minimum atomic E-state index is -4.34. The molecule has 3 aromatic rings. The molecule has 1 aliphatic rings. The van der Waals surface area contributed by atoms with Crippen molar-refractivity contribution in [2.75, 3.05) is 11.4 Å². The summed E-state index contributed by atoms with van der Waals surface area (Å²) in [6.07, 6.45) is -0.484. The smallest absolute Gasteiger partial charge is 0.362 e. The molecule has 1 aromatic carbocycles. The van der Waals surface area contributed by atoms with E-state index < -0.39 is 17.3 Å². The summed E-state index contributed by atoms with van der Waals surface area (Å²) in [7, 11) is 0. The lowest BCUT2D eigenvalue weighted by atomic mass is 10.1. The molecule has 0 fully saturated rings. The average molecular weight is 438 g/mol. The molecule has 0 radical (unpaired) electrons. The minimum absolute atomic E-state index is 0.0858. The predicted molar refractivity (Wildman–Crippen MR) is 109 cm³/mol. The van der Waals surface area contributed by atoms with Crippen LogP contribution in [0.4, 0.5) is 18.9 Å². The fourth-order valence-corrected chi connectivity index (χ4v) is 3.51. The second-order valence-corrected chi connectivity index (χ2v) is 6.91. The number of fused-ring (bicyclic) bond motifs is 1. The van der Waals surface area contributed by atoms with Crippen LogP contribution >= 0.6 is 11.6 Å². The van der Waals surface area contributed by atoms with Crippen LogP contribution in [-0.4, -0.2) is 26.3 Å². The Bertz CT molecular complexity index is 1080. The van der Waals surface area contributed by atoms with Gasteiger partial charge < -0.3 is 9.47 Å². The molecule has 0 atom stereocenters. The van der Waals surface area contributed by atoms with E-state index >= 15 is 0 Å². The first kappa shape index (κ1) is 21.6. The number of H-pyrrole nitrogens is 1. The van der Waals surface area contributed by atoms with Crippen LogP contribution in [0, 0.1) is 0 Å². The molecular formula is C20H19ClF3N5O. The summed E-state index contributed by atoms with van der Waals surface area (Å²) in [6.45, 7) is 7.53. The Morgan fingerprint density at radius 1 is 1.20 bits per heavy atom. The third-order valence-electron chi connectivity index (χ3n) is 4.74. The number of benzene rings is 1. The number of nitrogens with zero attached hydrogens (tertiary/aromatic N) is 4. The first-order chi connectivity index (χ1) is 14.3. The van der Waals surface area contributed by atoms with Crippen molar-refractivity contribution in [1.29, 1.82) is 0 Å². The number of alkyl halides is 3. The maximum absolute atomic E-state index is 12.7. The van der Waals surface area contributed by atoms with E-state index in [9.17, 15) is 18.0 Å². The molecule has 158 valence electrons. The lowest BCUT2D eigenvalue weighted by Crippen LogP contribution is -2.32. The van der Waals surface area contributed by atoms with E-state index in [0.29, 0.717) is 31.7 Å². The molecule has 10 heteroatoms. The number of rotatable bonds is 3. The molecule has 0 saturated heterocycles. The van der Waals surface area contributed by atoms with E-state index in [0.717, 1.165) is 29.1 Å². The van der Waals surface area contributed by atoms with E-state index in [2.05, 4.69) is 28.3 Å². The van der Waals surface area contributed by atoms with E-state index in [1.165, 1.54) is 18.3 Å². The highest BCUT2D eigenvalue weighted by Crippen LogP contribution is 2.30. The van der Waals surface area contributed by atoms with Gasteiger partial charge in [0.05, 0.1) is 36.0 Å². The van der Waals surface area contributed by atoms with Crippen LogP contribution in [0.25, 0.3) is 0 Å². The number of aromatic amines is 1. The van der Waals surface area contributed by atoms with Crippen molar-refractivity contribution in [2.45, 2.75) is 25.7 Å². The quantitative estimate of drug-likeness (QED) is 0.628.